The minimum atomic E-state index is -0.688. The first kappa shape index (κ1) is 15.0. The molecule has 5 heteroatoms. The first-order valence-electron chi connectivity index (χ1n) is 7.53. The third-order valence-electron chi connectivity index (χ3n) is 4.25. The molecule has 20 heavy (non-hydrogen) atoms. The highest BCUT2D eigenvalue weighted by atomic mass is 16.2. The van der Waals surface area contributed by atoms with E-state index in [1.807, 2.05) is 13.2 Å². The topological polar surface area (TPSA) is 72.9 Å². The van der Waals surface area contributed by atoms with Crippen LogP contribution in [0.15, 0.2) is 6.20 Å². The normalized spacial score (nSPS) is 26.5. The number of amides is 1. The molecule has 0 bridgehead atoms. The fourth-order valence-corrected chi connectivity index (χ4v) is 3.18. The third kappa shape index (κ3) is 3.20. The lowest BCUT2D eigenvalue weighted by atomic mass is 9.76. The zero-order chi connectivity index (χ0) is 14.8. The number of aryl methyl sites for hydroxylation is 2. The zero-order valence-corrected chi connectivity index (χ0v) is 12.8. The molecule has 1 aromatic heterocycles. The molecule has 5 nitrogen and oxygen atoms in total. The molecule has 1 saturated carbocycles. The summed E-state index contributed by atoms with van der Waals surface area (Å²) < 4.78 is 1.79. The molecule has 3 N–H and O–H groups in total. The van der Waals surface area contributed by atoms with Gasteiger partial charge in [0, 0.05) is 25.4 Å². The summed E-state index contributed by atoms with van der Waals surface area (Å²) in [5.41, 5.74) is 7.73. The smallest absolute Gasteiger partial charge is 0.240 e. The van der Waals surface area contributed by atoms with E-state index in [0.29, 0.717) is 12.5 Å². The van der Waals surface area contributed by atoms with Gasteiger partial charge in [0.05, 0.1) is 11.2 Å². The van der Waals surface area contributed by atoms with Gasteiger partial charge in [0.15, 0.2) is 0 Å². The molecule has 1 aliphatic carbocycles. The molecule has 2 unspecified atom stereocenters. The van der Waals surface area contributed by atoms with E-state index in [1.165, 1.54) is 6.42 Å². The molecule has 1 aromatic rings. The van der Waals surface area contributed by atoms with E-state index in [-0.39, 0.29) is 5.91 Å². The van der Waals surface area contributed by atoms with Crippen molar-refractivity contribution in [3.8, 4) is 0 Å². The van der Waals surface area contributed by atoms with E-state index >= 15 is 0 Å². The van der Waals surface area contributed by atoms with Crippen molar-refractivity contribution in [2.45, 2.75) is 58.0 Å². The van der Waals surface area contributed by atoms with Crippen LogP contribution in [0.1, 0.15) is 50.8 Å². The summed E-state index contributed by atoms with van der Waals surface area (Å²) >= 11 is 0. The van der Waals surface area contributed by atoms with Gasteiger partial charge in [-0.15, -0.1) is 0 Å². The van der Waals surface area contributed by atoms with Crippen LogP contribution in [0.4, 0.5) is 0 Å². The maximum atomic E-state index is 12.4. The Morgan fingerprint density at radius 1 is 1.65 bits per heavy atom. The summed E-state index contributed by atoms with van der Waals surface area (Å²) in [5, 5.41) is 7.38. The van der Waals surface area contributed by atoms with E-state index in [0.717, 1.165) is 36.9 Å². The predicted molar refractivity (Wildman–Crippen MR) is 79.0 cm³/mol. The van der Waals surface area contributed by atoms with Crippen LogP contribution in [-0.4, -0.2) is 21.2 Å². The van der Waals surface area contributed by atoms with Gasteiger partial charge in [-0.3, -0.25) is 9.48 Å². The lowest BCUT2D eigenvalue weighted by molar-refractivity contribution is -0.128. The van der Waals surface area contributed by atoms with Gasteiger partial charge >= 0.3 is 0 Å². The number of aromatic nitrogens is 2. The summed E-state index contributed by atoms with van der Waals surface area (Å²) in [6.45, 7) is 4.76. The van der Waals surface area contributed by atoms with Crippen LogP contribution in [0.3, 0.4) is 0 Å². The second kappa shape index (κ2) is 5.95. The Bertz CT molecular complexity index is 482. The molecular formula is C15H26N4O. The lowest BCUT2D eigenvalue weighted by Gasteiger charge is -2.35. The Labute approximate surface area is 120 Å². The van der Waals surface area contributed by atoms with Crippen LogP contribution in [0.2, 0.25) is 0 Å². The maximum absolute atomic E-state index is 12.4. The van der Waals surface area contributed by atoms with Crippen molar-refractivity contribution < 1.29 is 4.79 Å². The highest BCUT2D eigenvalue weighted by Crippen LogP contribution is 2.30. The molecular weight excluding hydrogens is 252 g/mol. The lowest BCUT2D eigenvalue weighted by Crippen LogP contribution is -2.56. The van der Waals surface area contributed by atoms with Gasteiger partial charge in [0.25, 0.3) is 0 Å². The first-order valence-corrected chi connectivity index (χ1v) is 7.53. The molecule has 1 amide bonds. The summed E-state index contributed by atoms with van der Waals surface area (Å²) in [6.07, 6.45) is 6.62. The van der Waals surface area contributed by atoms with Gasteiger partial charge in [-0.1, -0.05) is 26.7 Å². The minimum absolute atomic E-state index is 0.0186. The van der Waals surface area contributed by atoms with Crippen molar-refractivity contribution in [2.75, 3.05) is 0 Å². The number of nitrogens with two attached hydrogens (primary N) is 1. The van der Waals surface area contributed by atoms with Crippen LogP contribution in [0, 0.1) is 5.92 Å². The second-order valence-electron chi connectivity index (χ2n) is 6.17. The Morgan fingerprint density at radius 3 is 3.05 bits per heavy atom. The van der Waals surface area contributed by atoms with Crippen LogP contribution in [-0.2, 0) is 24.8 Å². The number of hydrogen-bond acceptors (Lipinski definition) is 3. The van der Waals surface area contributed by atoms with Gasteiger partial charge in [-0.25, -0.2) is 0 Å². The van der Waals surface area contributed by atoms with Crippen molar-refractivity contribution in [3.05, 3.63) is 17.5 Å². The molecule has 2 atom stereocenters. The molecule has 2 rings (SSSR count). The first-order chi connectivity index (χ1) is 9.44. The minimum Gasteiger partial charge on any atom is -0.350 e. The van der Waals surface area contributed by atoms with E-state index < -0.39 is 5.54 Å². The van der Waals surface area contributed by atoms with E-state index in [1.54, 1.807) is 4.68 Å². The highest BCUT2D eigenvalue weighted by molar-refractivity contribution is 5.86. The van der Waals surface area contributed by atoms with Crippen molar-refractivity contribution >= 4 is 5.91 Å². The zero-order valence-electron chi connectivity index (χ0n) is 12.8. The van der Waals surface area contributed by atoms with E-state index in [2.05, 4.69) is 24.3 Å². The Hall–Kier alpha value is -1.36. The number of carbonyl (C=O) groups is 1. The Kier molecular flexibility index (Phi) is 4.48. The summed E-state index contributed by atoms with van der Waals surface area (Å²) in [5.74, 6) is 0.513. The molecule has 1 aliphatic rings. The van der Waals surface area contributed by atoms with Crippen LogP contribution < -0.4 is 11.1 Å². The molecule has 1 heterocycles. The van der Waals surface area contributed by atoms with Gasteiger partial charge in [0.1, 0.15) is 0 Å². The largest absolute Gasteiger partial charge is 0.350 e. The van der Waals surface area contributed by atoms with Gasteiger partial charge in [-0.2, -0.15) is 5.10 Å². The standard InChI is InChI=1S/C15H26N4O/c1-4-13-12(10-19(3)18-13)9-17-14(20)15(16)7-5-6-11(2)8-15/h10-11H,4-9,16H2,1-3H3,(H,17,20). The van der Waals surface area contributed by atoms with Gasteiger partial charge in [0.2, 0.25) is 5.91 Å². The molecule has 0 saturated heterocycles. The average molecular weight is 278 g/mol. The van der Waals surface area contributed by atoms with Crippen molar-refractivity contribution in [3.63, 3.8) is 0 Å². The summed E-state index contributed by atoms with van der Waals surface area (Å²) in [6, 6.07) is 0. The average Bonchev–Trinajstić information content (AvgIpc) is 2.76. The van der Waals surface area contributed by atoms with E-state index in [4.69, 9.17) is 5.73 Å². The number of nitrogens with one attached hydrogen (secondary N) is 1. The van der Waals surface area contributed by atoms with Gasteiger partial charge in [-0.05, 0) is 25.2 Å². The maximum Gasteiger partial charge on any atom is 0.240 e. The summed E-state index contributed by atoms with van der Waals surface area (Å²) in [4.78, 5) is 12.4. The SMILES string of the molecule is CCc1nn(C)cc1CNC(=O)C1(N)CCCC(C)C1. The fourth-order valence-electron chi connectivity index (χ4n) is 3.18. The quantitative estimate of drug-likeness (QED) is 0.876. The molecule has 0 aliphatic heterocycles. The molecule has 0 radical (unpaired) electrons. The number of carbonyl (C=O) groups excluding carboxylic acids is 1. The predicted octanol–water partition coefficient (Wildman–Crippen LogP) is 1.51. The number of hydrogen-bond donors (Lipinski definition) is 2. The van der Waals surface area contributed by atoms with Crippen molar-refractivity contribution in [2.24, 2.45) is 18.7 Å². The molecule has 112 valence electrons. The molecule has 0 aromatic carbocycles. The third-order valence-corrected chi connectivity index (χ3v) is 4.25. The second-order valence-corrected chi connectivity index (χ2v) is 6.17. The van der Waals surface area contributed by atoms with Gasteiger partial charge < -0.3 is 11.1 Å². The van der Waals surface area contributed by atoms with Crippen LogP contribution >= 0.6 is 0 Å². The molecule has 1 fully saturated rings. The summed E-state index contributed by atoms with van der Waals surface area (Å²) in [7, 11) is 1.90. The van der Waals surface area contributed by atoms with E-state index in [9.17, 15) is 4.79 Å². The molecule has 0 spiro atoms. The monoisotopic (exact) mass is 278 g/mol. The number of nitrogens with zero attached hydrogens (tertiary/aromatic N) is 2. The van der Waals surface area contributed by atoms with Crippen molar-refractivity contribution in [1.82, 2.24) is 15.1 Å². The van der Waals surface area contributed by atoms with Crippen molar-refractivity contribution in [1.29, 1.82) is 0 Å². The Balaban J connectivity index is 1.97. The van der Waals surface area contributed by atoms with Crippen LogP contribution in [0.5, 0.6) is 0 Å². The number of rotatable bonds is 4. The Morgan fingerprint density at radius 2 is 2.40 bits per heavy atom. The highest BCUT2D eigenvalue weighted by Gasteiger charge is 2.37. The van der Waals surface area contributed by atoms with Crippen LogP contribution in [0.25, 0.3) is 0 Å². The fraction of sp³-hybridized carbons (Fsp3) is 0.733.